The topological polar surface area (TPSA) is 51.2 Å². The molecule has 1 aliphatic heterocycles. The molecule has 2 aromatic rings. The molecule has 0 N–H and O–H groups in total. The van der Waals surface area contributed by atoms with Crippen molar-refractivity contribution in [1.29, 1.82) is 0 Å². The summed E-state index contributed by atoms with van der Waals surface area (Å²) in [6, 6.07) is 13.0. The smallest absolute Gasteiger partial charge is 0.226 e. The zero-order valence-corrected chi connectivity index (χ0v) is 17.7. The van der Waals surface area contributed by atoms with Gasteiger partial charge in [-0.2, -0.15) is 0 Å². The Morgan fingerprint density at radius 3 is 2.31 bits per heavy atom. The van der Waals surface area contributed by atoms with Gasteiger partial charge in [0.1, 0.15) is 17.2 Å². The van der Waals surface area contributed by atoms with Gasteiger partial charge in [0.05, 0.1) is 27.2 Å². The number of carbonyl (C=O) groups excluding carboxylic acids is 1. The normalized spacial score (nSPS) is 14.5. The molecule has 0 saturated carbocycles. The van der Waals surface area contributed by atoms with E-state index in [1.54, 1.807) is 38.5 Å². The molecular formula is C22H27ClN2O4. The summed E-state index contributed by atoms with van der Waals surface area (Å²) in [5, 5.41) is 0.665. The van der Waals surface area contributed by atoms with Crippen LogP contribution in [0.4, 0.5) is 0 Å². The van der Waals surface area contributed by atoms with Crippen molar-refractivity contribution in [2.24, 2.45) is 0 Å². The van der Waals surface area contributed by atoms with E-state index >= 15 is 0 Å². The van der Waals surface area contributed by atoms with Crippen LogP contribution in [-0.4, -0.2) is 62.7 Å². The maximum absolute atomic E-state index is 12.5. The van der Waals surface area contributed by atoms with Gasteiger partial charge in [-0.3, -0.25) is 9.69 Å². The van der Waals surface area contributed by atoms with Crippen LogP contribution in [0.3, 0.4) is 0 Å². The molecule has 7 heteroatoms. The zero-order chi connectivity index (χ0) is 20.6. The third-order valence-corrected chi connectivity index (χ3v) is 5.26. The van der Waals surface area contributed by atoms with E-state index in [0.717, 1.165) is 42.4 Å². The van der Waals surface area contributed by atoms with Crippen LogP contribution in [0.5, 0.6) is 17.2 Å². The van der Waals surface area contributed by atoms with Crippen molar-refractivity contribution in [3.05, 3.63) is 53.1 Å². The minimum absolute atomic E-state index is 0.123. The van der Waals surface area contributed by atoms with Crippen LogP contribution in [0.15, 0.2) is 42.5 Å². The van der Waals surface area contributed by atoms with Crippen molar-refractivity contribution in [2.75, 3.05) is 47.0 Å². The molecule has 0 bridgehead atoms. The number of rotatable bonds is 8. The molecule has 0 atom stereocenters. The Labute approximate surface area is 176 Å². The fraction of sp³-hybridized carbons (Fsp3) is 0.409. The van der Waals surface area contributed by atoms with Gasteiger partial charge >= 0.3 is 0 Å². The molecule has 0 spiro atoms. The van der Waals surface area contributed by atoms with Gasteiger partial charge in [0.2, 0.25) is 5.91 Å². The highest BCUT2D eigenvalue weighted by Gasteiger charge is 2.22. The third kappa shape index (κ3) is 6.02. The number of halogens is 1. The molecule has 1 amide bonds. The first-order valence-electron chi connectivity index (χ1n) is 9.68. The molecule has 1 fully saturated rings. The summed E-state index contributed by atoms with van der Waals surface area (Å²) in [5.74, 6) is 2.51. The van der Waals surface area contributed by atoms with Gasteiger partial charge in [0, 0.05) is 43.3 Å². The Kier molecular flexibility index (Phi) is 7.61. The number of hydrogen-bond acceptors (Lipinski definition) is 5. The lowest BCUT2D eigenvalue weighted by Gasteiger charge is -2.35. The third-order valence-electron chi connectivity index (χ3n) is 5.00. The Bertz CT molecular complexity index is 805. The van der Waals surface area contributed by atoms with Crippen LogP contribution < -0.4 is 14.2 Å². The van der Waals surface area contributed by atoms with Gasteiger partial charge < -0.3 is 19.1 Å². The van der Waals surface area contributed by atoms with Crippen LogP contribution in [0, 0.1) is 0 Å². The molecule has 29 heavy (non-hydrogen) atoms. The highest BCUT2D eigenvalue weighted by molar-refractivity contribution is 6.30. The summed E-state index contributed by atoms with van der Waals surface area (Å²) in [7, 11) is 3.33. The van der Waals surface area contributed by atoms with E-state index in [1.807, 2.05) is 23.1 Å². The van der Waals surface area contributed by atoms with Gasteiger partial charge in [0.15, 0.2) is 0 Å². The predicted molar refractivity (Wildman–Crippen MR) is 113 cm³/mol. The van der Waals surface area contributed by atoms with E-state index < -0.39 is 0 Å². The molecular weight excluding hydrogens is 392 g/mol. The van der Waals surface area contributed by atoms with E-state index in [4.69, 9.17) is 25.8 Å². The maximum atomic E-state index is 12.5. The molecule has 6 nitrogen and oxygen atoms in total. The van der Waals surface area contributed by atoms with E-state index in [-0.39, 0.29) is 5.91 Å². The number of carbonyl (C=O) groups is 1. The van der Waals surface area contributed by atoms with Gasteiger partial charge in [-0.05, 0) is 42.5 Å². The predicted octanol–water partition coefficient (Wildman–Crippen LogP) is 3.47. The molecule has 0 radical (unpaired) electrons. The summed E-state index contributed by atoms with van der Waals surface area (Å²) in [6.07, 6.45) is 0.367. The average Bonchev–Trinajstić information content (AvgIpc) is 2.75. The lowest BCUT2D eigenvalue weighted by Crippen LogP contribution is -2.48. The van der Waals surface area contributed by atoms with Crippen LogP contribution >= 0.6 is 11.6 Å². The number of benzene rings is 2. The number of nitrogens with zero attached hydrogens (tertiary/aromatic N) is 2. The monoisotopic (exact) mass is 418 g/mol. The van der Waals surface area contributed by atoms with E-state index in [2.05, 4.69) is 4.90 Å². The van der Waals surface area contributed by atoms with Gasteiger partial charge in [-0.25, -0.2) is 0 Å². The van der Waals surface area contributed by atoms with Crippen LogP contribution in [0.1, 0.15) is 12.0 Å². The highest BCUT2D eigenvalue weighted by Crippen LogP contribution is 2.25. The summed E-state index contributed by atoms with van der Waals surface area (Å²) in [5.41, 5.74) is 1.09. The molecule has 0 unspecified atom stereocenters. The SMILES string of the molecule is COc1ccc(OC)c(CN2CCN(C(=O)CCOc3ccc(Cl)cc3)CC2)c1. The number of piperazine rings is 1. The molecule has 0 aliphatic carbocycles. The summed E-state index contributed by atoms with van der Waals surface area (Å²) in [6.45, 7) is 4.20. The van der Waals surface area contributed by atoms with Crippen molar-refractivity contribution in [3.8, 4) is 17.2 Å². The molecule has 156 valence electrons. The minimum Gasteiger partial charge on any atom is -0.497 e. The summed E-state index contributed by atoms with van der Waals surface area (Å²) < 4.78 is 16.4. The standard InChI is InChI=1S/C22H27ClN2O4/c1-27-20-7-8-21(28-2)17(15-20)16-24-10-12-25(13-11-24)22(26)9-14-29-19-5-3-18(23)4-6-19/h3-8,15H,9-14,16H2,1-2H3. The average molecular weight is 419 g/mol. The quantitative estimate of drug-likeness (QED) is 0.657. The second kappa shape index (κ2) is 10.4. The van der Waals surface area contributed by atoms with Crippen molar-refractivity contribution in [2.45, 2.75) is 13.0 Å². The van der Waals surface area contributed by atoms with Crippen molar-refractivity contribution in [3.63, 3.8) is 0 Å². The van der Waals surface area contributed by atoms with Gasteiger partial charge in [-0.1, -0.05) is 11.6 Å². The number of methoxy groups -OCH3 is 2. The molecule has 3 rings (SSSR count). The van der Waals surface area contributed by atoms with Crippen LogP contribution in [0.2, 0.25) is 5.02 Å². The summed E-state index contributed by atoms with van der Waals surface area (Å²) >= 11 is 5.86. The molecule has 1 heterocycles. The van der Waals surface area contributed by atoms with Gasteiger partial charge in [-0.15, -0.1) is 0 Å². The number of hydrogen-bond donors (Lipinski definition) is 0. The van der Waals surface area contributed by atoms with E-state index in [1.165, 1.54) is 0 Å². The van der Waals surface area contributed by atoms with Gasteiger partial charge in [0.25, 0.3) is 0 Å². The number of amides is 1. The molecule has 1 saturated heterocycles. The fourth-order valence-electron chi connectivity index (χ4n) is 3.35. The Balaban J connectivity index is 1.44. The Morgan fingerprint density at radius 1 is 0.966 bits per heavy atom. The second-order valence-electron chi connectivity index (χ2n) is 6.89. The lowest BCUT2D eigenvalue weighted by atomic mass is 10.1. The number of ether oxygens (including phenoxy) is 3. The fourth-order valence-corrected chi connectivity index (χ4v) is 3.47. The van der Waals surface area contributed by atoms with E-state index in [0.29, 0.717) is 31.1 Å². The lowest BCUT2D eigenvalue weighted by molar-refractivity contribution is -0.133. The summed E-state index contributed by atoms with van der Waals surface area (Å²) in [4.78, 5) is 16.7. The van der Waals surface area contributed by atoms with Crippen LogP contribution in [-0.2, 0) is 11.3 Å². The first-order valence-corrected chi connectivity index (χ1v) is 10.1. The minimum atomic E-state index is 0.123. The van der Waals surface area contributed by atoms with Crippen LogP contribution in [0.25, 0.3) is 0 Å². The van der Waals surface area contributed by atoms with Crippen molar-refractivity contribution < 1.29 is 19.0 Å². The second-order valence-corrected chi connectivity index (χ2v) is 7.32. The first kappa shape index (κ1) is 21.3. The molecule has 1 aliphatic rings. The van der Waals surface area contributed by atoms with Crippen molar-refractivity contribution in [1.82, 2.24) is 9.80 Å². The molecule has 0 aromatic heterocycles. The molecule has 2 aromatic carbocycles. The Morgan fingerprint density at radius 2 is 1.66 bits per heavy atom. The zero-order valence-electron chi connectivity index (χ0n) is 16.9. The largest absolute Gasteiger partial charge is 0.497 e. The Hall–Kier alpha value is -2.44. The highest BCUT2D eigenvalue weighted by atomic mass is 35.5. The van der Waals surface area contributed by atoms with Crippen molar-refractivity contribution >= 4 is 17.5 Å². The first-order chi connectivity index (χ1) is 14.1. The maximum Gasteiger partial charge on any atom is 0.226 e. The van der Waals surface area contributed by atoms with E-state index in [9.17, 15) is 4.79 Å².